The van der Waals surface area contributed by atoms with E-state index in [0.29, 0.717) is 16.9 Å². The second kappa shape index (κ2) is 8.12. The molecule has 0 amide bonds. The molecular formula is C19H20ClNO5. The normalized spacial score (nSPS) is 11.7. The van der Waals surface area contributed by atoms with Gasteiger partial charge in [0.15, 0.2) is 11.5 Å². The first kappa shape index (κ1) is 19.6. The zero-order valence-electron chi connectivity index (χ0n) is 14.6. The highest BCUT2D eigenvalue weighted by molar-refractivity contribution is 5.92. The maximum atomic E-state index is 10.1. The number of aromatic hydroxyl groups is 2. The van der Waals surface area contributed by atoms with E-state index in [0.717, 1.165) is 16.5 Å². The van der Waals surface area contributed by atoms with Crippen molar-refractivity contribution in [3.63, 3.8) is 0 Å². The molecule has 1 heterocycles. The molecule has 3 rings (SSSR count). The van der Waals surface area contributed by atoms with Gasteiger partial charge in [0.25, 0.3) is 0 Å². The van der Waals surface area contributed by atoms with Crippen LogP contribution in [-0.2, 0) is 4.74 Å². The van der Waals surface area contributed by atoms with E-state index in [4.69, 9.17) is 14.2 Å². The van der Waals surface area contributed by atoms with Gasteiger partial charge in [0.05, 0.1) is 14.2 Å². The highest BCUT2D eigenvalue weighted by Crippen LogP contribution is 2.39. The number of halogens is 1. The Labute approximate surface area is 157 Å². The molecule has 0 aliphatic carbocycles. The van der Waals surface area contributed by atoms with E-state index in [-0.39, 0.29) is 23.9 Å². The fourth-order valence-corrected chi connectivity index (χ4v) is 2.87. The summed E-state index contributed by atoms with van der Waals surface area (Å²) in [7, 11) is 4.76. The van der Waals surface area contributed by atoms with Crippen molar-refractivity contribution >= 4 is 23.2 Å². The molecule has 1 unspecified atom stereocenters. The lowest BCUT2D eigenvalue weighted by atomic mass is 9.97. The SMILES string of the molecule is COc1cc(OC)cc(C(OC)c2cncc3c(O)c(O)ccc23)c1.Cl. The number of pyridine rings is 1. The second-order valence-corrected chi connectivity index (χ2v) is 5.52. The van der Waals surface area contributed by atoms with Crippen molar-refractivity contribution in [2.24, 2.45) is 0 Å². The van der Waals surface area contributed by atoms with Gasteiger partial charge >= 0.3 is 0 Å². The van der Waals surface area contributed by atoms with Crippen LogP contribution in [-0.4, -0.2) is 36.5 Å². The van der Waals surface area contributed by atoms with Gasteiger partial charge in [-0.05, 0) is 35.2 Å². The number of phenolic OH excluding ortho intramolecular Hbond substituents is 2. The lowest BCUT2D eigenvalue weighted by Gasteiger charge is -2.20. The fourth-order valence-electron chi connectivity index (χ4n) is 2.87. The van der Waals surface area contributed by atoms with Crippen LogP contribution in [0.2, 0.25) is 0 Å². The average molecular weight is 378 g/mol. The van der Waals surface area contributed by atoms with E-state index in [1.807, 2.05) is 12.1 Å². The standard InChI is InChI=1S/C19H19NO5.ClH/c1-23-12-6-11(7-13(8-12)24-2)19(25-3)16-10-20-9-15-14(16)4-5-17(21)18(15)22;/h4-10,19,21-22H,1-3H3;1H. The molecule has 2 aromatic carbocycles. The molecule has 0 spiro atoms. The van der Waals surface area contributed by atoms with Crippen LogP contribution in [0, 0.1) is 0 Å². The third kappa shape index (κ3) is 3.47. The van der Waals surface area contributed by atoms with Crippen LogP contribution in [0.4, 0.5) is 0 Å². The summed E-state index contributed by atoms with van der Waals surface area (Å²) in [5, 5.41) is 21.0. The number of ether oxygens (including phenoxy) is 3. The molecule has 1 aromatic heterocycles. The first-order chi connectivity index (χ1) is 12.1. The minimum absolute atomic E-state index is 0. The number of methoxy groups -OCH3 is 3. The molecule has 3 aromatic rings. The molecule has 0 saturated carbocycles. The van der Waals surface area contributed by atoms with Crippen LogP contribution in [0.1, 0.15) is 17.2 Å². The Kier molecular flexibility index (Phi) is 6.13. The third-order valence-corrected chi connectivity index (χ3v) is 4.12. The summed E-state index contributed by atoms with van der Waals surface area (Å²) in [6.45, 7) is 0. The number of aromatic nitrogens is 1. The van der Waals surface area contributed by atoms with Crippen molar-refractivity contribution in [2.75, 3.05) is 21.3 Å². The van der Waals surface area contributed by atoms with Gasteiger partial charge in [0.1, 0.15) is 17.6 Å². The quantitative estimate of drug-likeness (QED) is 0.658. The van der Waals surface area contributed by atoms with Gasteiger partial charge in [-0.2, -0.15) is 0 Å². The number of fused-ring (bicyclic) bond motifs is 1. The number of hydrogen-bond donors (Lipinski definition) is 2. The van der Waals surface area contributed by atoms with Crippen LogP contribution in [0.15, 0.2) is 42.7 Å². The molecule has 6 nitrogen and oxygen atoms in total. The Balaban J connectivity index is 0.00000243. The van der Waals surface area contributed by atoms with Crippen molar-refractivity contribution < 1.29 is 24.4 Å². The van der Waals surface area contributed by atoms with E-state index >= 15 is 0 Å². The summed E-state index contributed by atoms with van der Waals surface area (Å²) in [4.78, 5) is 4.18. The molecule has 0 aliphatic rings. The van der Waals surface area contributed by atoms with E-state index < -0.39 is 6.10 Å². The predicted molar refractivity (Wildman–Crippen MR) is 101 cm³/mol. The zero-order valence-corrected chi connectivity index (χ0v) is 15.4. The van der Waals surface area contributed by atoms with Crippen LogP contribution >= 0.6 is 12.4 Å². The van der Waals surface area contributed by atoms with Crippen molar-refractivity contribution in [2.45, 2.75) is 6.10 Å². The third-order valence-electron chi connectivity index (χ3n) is 4.12. The summed E-state index contributed by atoms with van der Waals surface area (Å²) in [5.74, 6) is 0.892. The van der Waals surface area contributed by atoms with Crippen LogP contribution in [0.5, 0.6) is 23.0 Å². The molecule has 1 atom stereocenters. The largest absolute Gasteiger partial charge is 0.504 e. The lowest BCUT2D eigenvalue weighted by Crippen LogP contribution is -2.06. The second-order valence-electron chi connectivity index (χ2n) is 5.52. The van der Waals surface area contributed by atoms with Gasteiger partial charge < -0.3 is 24.4 Å². The smallest absolute Gasteiger partial charge is 0.167 e. The van der Waals surface area contributed by atoms with Crippen LogP contribution in [0.25, 0.3) is 10.8 Å². The maximum Gasteiger partial charge on any atom is 0.167 e. The van der Waals surface area contributed by atoms with Gasteiger partial charge in [-0.1, -0.05) is 0 Å². The summed E-state index contributed by atoms with van der Waals surface area (Å²) >= 11 is 0. The van der Waals surface area contributed by atoms with E-state index in [2.05, 4.69) is 4.98 Å². The van der Waals surface area contributed by atoms with Crippen molar-refractivity contribution in [1.29, 1.82) is 0 Å². The summed E-state index contributed by atoms with van der Waals surface area (Å²) < 4.78 is 16.4. The Hall–Kier alpha value is -2.70. The van der Waals surface area contributed by atoms with Crippen molar-refractivity contribution in [1.82, 2.24) is 4.98 Å². The molecule has 0 bridgehead atoms. The van der Waals surface area contributed by atoms with Gasteiger partial charge in [0.2, 0.25) is 0 Å². The molecule has 26 heavy (non-hydrogen) atoms. The van der Waals surface area contributed by atoms with Gasteiger partial charge in [-0.3, -0.25) is 4.98 Å². The number of hydrogen-bond acceptors (Lipinski definition) is 6. The Morgan fingerprint density at radius 3 is 2.12 bits per heavy atom. The fraction of sp³-hybridized carbons (Fsp3) is 0.211. The molecular weight excluding hydrogens is 358 g/mol. The van der Waals surface area contributed by atoms with E-state index in [9.17, 15) is 10.2 Å². The number of rotatable bonds is 5. The Morgan fingerprint density at radius 1 is 0.885 bits per heavy atom. The highest BCUT2D eigenvalue weighted by atomic mass is 35.5. The van der Waals surface area contributed by atoms with Crippen molar-refractivity contribution in [3.05, 3.63) is 53.9 Å². The number of benzene rings is 2. The Bertz CT molecular complexity index is 894. The first-order valence-corrected chi connectivity index (χ1v) is 7.63. The highest BCUT2D eigenvalue weighted by Gasteiger charge is 2.20. The van der Waals surface area contributed by atoms with Gasteiger partial charge in [-0.15, -0.1) is 12.4 Å². The maximum absolute atomic E-state index is 10.1. The van der Waals surface area contributed by atoms with Crippen LogP contribution < -0.4 is 9.47 Å². The molecule has 0 saturated heterocycles. The molecule has 0 radical (unpaired) electrons. The minimum Gasteiger partial charge on any atom is -0.504 e. The predicted octanol–water partition coefficient (Wildman–Crippen LogP) is 3.82. The number of nitrogens with zero attached hydrogens (tertiary/aromatic N) is 1. The summed E-state index contributed by atoms with van der Waals surface area (Å²) in [6, 6.07) is 8.66. The molecule has 0 aliphatic heterocycles. The molecule has 7 heteroatoms. The van der Waals surface area contributed by atoms with Crippen molar-refractivity contribution in [3.8, 4) is 23.0 Å². The Morgan fingerprint density at radius 2 is 1.54 bits per heavy atom. The van der Waals surface area contributed by atoms with E-state index in [1.54, 1.807) is 39.7 Å². The zero-order chi connectivity index (χ0) is 18.0. The van der Waals surface area contributed by atoms with Crippen LogP contribution in [0.3, 0.4) is 0 Å². The number of phenols is 2. The molecule has 138 valence electrons. The average Bonchev–Trinajstić information content (AvgIpc) is 2.65. The topological polar surface area (TPSA) is 81.0 Å². The summed E-state index contributed by atoms with van der Waals surface area (Å²) in [5.41, 5.74) is 1.58. The monoisotopic (exact) mass is 377 g/mol. The summed E-state index contributed by atoms with van der Waals surface area (Å²) in [6.07, 6.45) is 2.73. The molecule has 0 fully saturated rings. The van der Waals surface area contributed by atoms with Gasteiger partial charge in [0, 0.05) is 36.5 Å². The lowest BCUT2D eigenvalue weighted by molar-refractivity contribution is 0.137. The molecule has 2 N–H and O–H groups in total. The first-order valence-electron chi connectivity index (χ1n) is 7.63. The minimum atomic E-state index is -0.454. The van der Waals surface area contributed by atoms with E-state index in [1.165, 1.54) is 12.3 Å². The van der Waals surface area contributed by atoms with Gasteiger partial charge in [-0.25, -0.2) is 0 Å².